The maximum absolute atomic E-state index is 5.75. The molecule has 3 aromatic rings. The monoisotopic (exact) mass is 388 g/mol. The number of hydrogen-bond donors (Lipinski definition) is 2. The summed E-state index contributed by atoms with van der Waals surface area (Å²) in [5.41, 5.74) is 3.43. The molecule has 0 aliphatic heterocycles. The number of fused-ring (bicyclic) bond motifs is 1. The highest BCUT2D eigenvalue weighted by Crippen LogP contribution is 2.26. The van der Waals surface area contributed by atoms with Gasteiger partial charge in [0.05, 0.1) is 11.4 Å². The fourth-order valence-corrected chi connectivity index (χ4v) is 2.64. The van der Waals surface area contributed by atoms with Gasteiger partial charge in [0, 0.05) is 26.9 Å². The quantitative estimate of drug-likeness (QED) is 0.581. The van der Waals surface area contributed by atoms with Crippen LogP contribution in [0.2, 0.25) is 0 Å². The lowest BCUT2D eigenvalue weighted by molar-refractivity contribution is 1.22. The van der Waals surface area contributed by atoms with Crippen molar-refractivity contribution in [3.63, 3.8) is 0 Å². The van der Waals surface area contributed by atoms with E-state index in [1.54, 1.807) is 6.33 Å². The first-order valence-electron chi connectivity index (χ1n) is 6.94. The van der Waals surface area contributed by atoms with Crippen molar-refractivity contribution in [2.75, 3.05) is 16.5 Å². The number of nitrogens with one attached hydrogen (secondary N) is 2. The van der Waals surface area contributed by atoms with Crippen LogP contribution in [0, 0.1) is 0 Å². The third kappa shape index (κ3) is 3.81. The molecule has 2 aromatic carbocycles. The summed E-state index contributed by atoms with van der Waals surface area (Å²) in [6, 6.07) is 13.8. The van der Waals surface area contributed by atoms with Gasteiger partial charge in [-0.05, 0) is 36.4 Å². The van der Waals surface area contributed by atoms with Gasteiger partial charge in [-0.3, -0.25) is 0 Å². The van der Waals surface area contributed by atoms with Crippen molar-refractivity contribution in [1.29, 1.82) is 0 Å². The molecule has 0 aliphatic carbocycles. The van der Waals surface area contributed by atoms with E-state index in [1.165, 1.54) is 0 Å². The minimum absolute atomic E-state index is 0.359. The van der Waals surface area contributed by atoms with Crippen molar-refractivity contribution >= 4 is 55.6 Å². The minimum Gasteiger partial charge on any atom is -0.358 e. The zero-order valence-corrected chi connectivity index (χ0v) is 14.5. The normalized spacial score (nSPS) is 10.5. The third-order valence-corrected chi connectivity index (χ3v) is 4.02. The second kappa shape index (κ2) is 6.98. The average Bonchev–Trinajstić information content (AvgIpc) is 2.55. The maximum atomic E-state index is 5.75. The Labute approximate surface area is 147 Å². The van der Waals surface area contributed by atoms with Crippen molar-refractivity contribution in [3.8, 4) is 0 Å². The highest BCUT2D eigenvalue weighted by atomic mass is 79.9. The molecule has 1 aromatic heterocycles. The molecule has 0 saturated heterocycles. The molecule has 0 saturated carbocycles. The molecule has 2 N–H and O–H groups in total. The van der Waals surface area contributed by atoms with Gasteiger partial charge in [-0.15, -0.1) is 11.6 Å². The van der Waals surface area contributed by atoms with Crippen LogP contribution in [0.25, 0.3) is 10.9 Å². The lowest BCUT2D eigenvalue weighted by atomic mass is 10.2. The summed E-state index contributed by atoms with van der Waals surface area (Å²) in [4.78, 5) is 8.67. The molecule has 0 fully saturated rings. The van der Waals surface area contributed by atoms with Crippen molar-refractivity contribution in [3.05, 3.63) is 65.5 Å². The van der Waals surface area contributed by atoms with Gasteiger partial charge in [0.25, 0.3) is 0 Å². The van der Waals surface area contributed by atoms with E-state index in [0.717, 1.165) is 38.3 Å². The number of anilines is 3. The molecule has 0 atom stereocenters. The van der Waals surface area contributed by atoms with E-state index in [2.05, 4.69) is 43.1 Å². The van der Waals surface area contributed by atoms with Gasteiger partial charge in [0.15, 0.2) is 0 Å². The van der Waals surface area contributed by atoms with E-state index in [9.17, 15) is 0 Å². The number of nitrogens with zero attached hydrogens (tertiary/aromatic N) is 2. The molecule has 1 heterocycles. The second-order valence-electron chi connectivity index (χ2n) is 4.95. The summed E-state index contributed by atoms with van der Waals surface area (Å²) in [5.74, 6) is 1.12. The maximum Gasteiger partial charge on any atom is 0.141 e. The van der Waals surface area contributed by atoms with Gasteiger partial charge in [0.2, 0.25) is 0 Å². The van der Waals surface area contributed by atoms with Crippen LogP contribution >= 0.6 is 27.5 Å². The van der Waals surface area contributed by atoms with Gasteiger partial charge in [-0.2, -0.15) is 0 Å². The second-order valence-corrected chi connectivity index (χ2v) is 6.13. The Morgan fingerprint density at radius 3 is 2.78 bits per heavy atom. The molecule has 0 bridgehead atoms. The lowest BCUT2D eigenvalue weighted by Gasteiger charge is -2.11. The molecular weight excluding hydrogens is 376 g/mol. The first kappa shape index (κ1) is 15.8. The average molecular weight is 390 g/mol. The zero-order valence-electron chi connectivity index (χ0n) is 12.2. The number of allylic oxidation sites excluding steroid dienone is 1. The van der Waals surface area contributed by atoms with Gasteiger partial charge in [-0.1, -0.05) is 28.6 Å². The molecule has 0 spiro atoms. The van der Waals surface area contributed by atoms with E-state index in [0.29, 0.717) is 5.88 Å². The van der Waals surface area contributed by atoms with Crippen molar-refractivity contribution in [1.82, 2.24) is 9.97 Å². The van der Waals surface area contributed by atoms with Crippen LogP contribution in [0.4, 0.5) is 17.2 Å². The highest BCUT2D eigenvalue weighted by molar-refractivity contribution is 9.10. The van der Waals surface area contributed by atoms with E-state index in [4.69, 9.17) is 11.6 Å². The Bertz CT molecular complexity index is 866. The molecule has 23 heavy (non-hydrogen) atoms. The third-order valence-electron chi connectivity index (χ3n) is 3.21. The zero-order chi connectivity index (χ0) is 16.2. The van der Waals surface area contributed by atoms with Crippen LogP contribution < -0.4 is 10.6 Å². The van der Waals surface area contributed by atoms with E-state index in [1.807, 2.05) is 42.5 Å². The van der Waals surface area contributed by atoms with Crippen LogP contribution in [0.5, 0.6) is 0 Å². The lowest BCUT2D eigenvalue weighted by Crippen LogP contribution is -2.00. The van der Waals surface area contributed by atoms with Gasteiger partial charge >= 0.3 is 0 Å². The fraction of sp³-hybridized carbons (Fsp3) is 0.0588. The standard InChI is InChI=1S/C17H14BrClN4/c1-11(9-19)22-14-5-6-15-16(8-14)20-10-21-17(15)23-13-4-2-3-12(18)7-13/h2-8,10,22H,1,9H2,(H,20,21,23). The van der Waals surface area contributed by atoms with Gasteiger partial charge in [-0.25, -0.2) is 9.97 Å². The van der Waals surface area contributed by atoms with Crippen LogP contribution in [-0.4, -0.2) is 15.8 Å². The molecule has 6 heteroatoms. The van der Waals surface area contributed by atoms with Crippen molar-refractivity contribution < 1.29 is 0 Å². The summed E-state index contributed by atoms with van der Waals surface area (Å²) in [5, 5.41) is 7.41. The number of alkyl halides is 1. The largest absolute Gasteiger partial charge is 0.358 e. The smallest absolute Gasteiger partial charge is 0.141 e. The predicted molar refractivity (Wildman–Crippen MR) is 100 cm³/mol. The molecule has 0 unspecified atom stereocenters. The summed E-state index contributed by atoms with van der Waals surface area (Å²) in [7, 11) is 0. The molecule has 0 amide bonds. The molecule has 116 valence electrons. The van der Waals surface area contributed by atoms with Gasteiger partial charge in [0.1, 0.15) is 12.1 Å². The Morgan fingerprint density at radius 2 is 2.00 bits per heavy atom. The Morgan fingerprint density at radius 1 is 1.13 bits per heavy atom. The topological polar surface area (TPSA) is 49.8 Å². The molecule has 3 rings (SSSR count). The van der Waals surface area contributed by atoms with E-state index in [-0.39, 0.29) is 0 Å². The van der Waals surface area contributed by atoms with E-state index >= 15 is 0 Å². The Balaban J connectivity index is 1.94. The summed E-state index contributed by atoms with van der Waals surface area (Å²) in [6.07, 6.45) is 1.54. The highest BCUT2D eigenvalue weighted by Gasteiger charge is 2.06. The number of rotatable bonds is 5. The number of benzene rings is 2. The van der Waals surface area contributed by atoms with Gasteiger partial charge < -0.3 is 10.6 Å². The molecule has 0 radical (unpaired) electrons. The number of hydrogen-bond acceptors (Lipinski definition) is 4. The summed E-state index contributed by atoms with van der Waals surface area (Å²) >= 11 is 9.21. The first-order valence-corrected chi connectivity index (χ1v) is 8.26. The number of aromatic nitrogens is 2. The van der Waals surface area contributed by atoms with Crippen LogP contribution in [-0.2, 0) is 0 Å². The Hall–Kier alpha value is -2.11. The molecular formula is C17H14BrClN4. The van der Waals surface area contributed by atoms with Crippen LogP contribution in [0.1, 0.15) is 0 Å². The fourth-order valence-electron chi connectivity index (χ4n) is 2.17. The summed E-state index contributed by atoms with van der Waals surface area (Å²) in [6.45, 7) is 3.84. The van der Waals surface area contributed by atoms with Crippen molar-refractivity contribution in [2.24, 2.45) is 0 Å². The molecule has 4 nitrogen and oxygen atoms in total. The summed E-state index contributed by atoms with van der Waals surface area (Å²) < 4.78 is 1.01. The van der Waals surface area contributed by atoms with Crippen LogP contribution in [0.15, 0.2) is 65.5 Å². The minimum atomic E-state index is 0.359. The SMILES string of the molecule is C=C(CCl)Nc1ccc2c(Nc3cccc(Br)c3)ncnc2c1. The Kier molecular flexibility index (Phi) is 4.79. The first-order chi connectivity index (χ1) is 11.2. The predicted octanol–water partition coefficient (Wildman–Crippen LogP) is 5.30. The van der Waals surface area contributed by atoms with Crippen molar-refractivity contribution in [2.45, 2.75) is 0 Å². The van der Waals surface area contributed by atoms with E-state index < -0.39 is 0 Å². The molecule has 0 aliphatic rings. The number of halogens is 2. The van der Waals surface area contributed by atoms with Crippen LogP contribution in [0.3, 0.4) is 0 Å².